The lowest BCUT2D eigenvalue weighted by molar-refractivity contribution is 0.630. The Bertz CT molecular complexity index is 341. The number of nitrogens with zero attached hydrogens (tertiary/aromatic N) is 2. The summed E-state index contributed by atoms with van der Waals surface area (Å²) in [6, 6.07) is 9.22. The number of rotatable bonds is 1. The fourth-order valence-corrected chi connectivity index (χ4v) is 1.11. The van der Waals surface area contributed by atoms with Crippen LogP contribution in [0.1, 0.15) is 5.56 Å². The molecule has 0 N–H and O–H groups in total. The Balaban J connectivity index is 2.44. The van der Waals surface area contributed by atoms with Crippen molar-refractivity contribution in [2.75, 3.05) is 6.54 Å². The second-order valence-corrected chi connectivity index (χ2v) is 2.52. The summed E-state index contributed by atoms with van der Waals surface area (Å²) in [5.74, 6) is -0.249. The summed E-state index contributed by atoms with van der Waals surface area (Å²) in [5, 5.41) is 7.31. The Hall–Kier alpha value is -1.51. The van der Waals surface area contributed by atoms with Crippen molar-refractivity contribution in [3.05, 3.63) is 41.7 Å². The smallest absolute Gasteiger partial charge is 0.151 e. The number of hydrogen-bond acceptors (Lipinski definition) is 2. The van der Waals surface area contributed by atoms with Gasteiger partial charge in [0.05, 0.1) is 0 Å². The van der Waals surface area contributed by atoms with Crippen LogP contribution in [0.4, 0.5) is 4.39 Å². The molecule has 0 fully saturated rings. The zero-order valence-corrected chi connectivity index (χ0v) is 6.37. The van der Waals surface area contributed by atoms with E-state index >= 15 is 0 Å². The van der Waals surface area contributed by atoms with Gasteiger partial charge in [0.2, 0.25) is 0 Å². The topological polar surface area (TPSA) is 24.7 Å². The summed E-state index contributed by atoms with van der Waals surface area (Å²) >= 11 is 0. The standard InChI is InChI=1S/C9H7FN2/c10-8-6-11-12-9(8)7-4-2-1-3-5-7/h1-5H,6H2. The van der Waals surface area contributed by atoms with Gasteiger partial charge in [-0.1, -0.05) is 30.3 Å². The Morgan fingerprint density at radius 2 is 1.92 bits per heavy atom. The molecule has 12 heavy (non-hydrogen) atoms. The van der Waals surface area contributed by atoms with E-state index in [1.165, 1.54) is 0 Å². The highest BCUT2D eigenvalue weighted by Crippen LogP contribution is 2.25. The van der Waals surface area contributed by atoms with Gasteiger partial charge in [0, 0.05) is 5.56 Å². The fourth-order valence-electron chi connectivity index (χ4n) is 1.11. The first kappa shape index (κ1) is 7.16. The Morgan fingerprint density at radius 3 is 2.50 bits per heavy atom. The number of hydrogen-bond donors (Lipinski definition) is 0. The van der Waals surface area contributed by atoms with Gasteiger partial charge in [-0.05, 0) is 0 Å². The number of halogens is 1. The van der Waals surface area contributed by atoms with Crippen molar-refractivity contribution < 1.29 is 4.39 Å². The summed E-state index contributed by atoms with van der Waals surface area (Å²) in [4.78, 5) is 0. The van der Waals surface area contributed by atoms with Crippen LogP contribution in [0.15, 0.2) is 46.4 Å². The second kappa shape index (κ2) is 2.85. The zero-order chi connectivity index (χ0) is 8.39. The summed E-state index contributed by atoms with van der Waals surface area (Å²) in [5.41, 5.74) is 1.16. The van der Waals surface area contributed by atoms with Crippen LogP contribution in [-0.2, 0) is 0 Å². The largest absolute Gasteiger partial charge is 0.207 e. The quantitative estimate of drug-likeness (QED) is 0.606. The first-order chi connectivity index (χ1) is 5.88. The van der Waals surface area contributed by atoms with Crippen LogP contribution in [-0.4, -0.2) is 6.54 Å². The van der Waals surface area contributed by atoms with Gasteiger partial charge in [-0.15, -0.1) is 0 Å². The molecule has 0 bridgehead atoms. The third kappa shape index (κ3) is 1.13. The van der Waals surface area contributed by atoms with Gasteiger partial charge < -0.3 is 0 Å². The number of benzene rings is 1. The summed E-state index contributed by atoms with van der Waals surface area (Å²) in [6.45, 7) is 0.0875. The maximum Gasteiger partial charge on any atom is 0.151 e. The second-order valence-electron chi connectivity index (χ2n) is 2.52. The molecule has 2 rings (SSSR count). The minimum Gasteiger partial charge on any atom is -0.207 e. The van der Waals surface area contributed by atoms with E-state index in [9.17, 15) is 4.39 Å². The Labute approximate surface area is 69.4 Å². The monoisotopic (exact) mass is 162 g/mol. The molecule has 1 aromatic carbocycles. The molecule has 0 saturated carbocycles. The summed E-state index contributed by atoms with van der Waals surface area (Å²) in [6.07, 6.45) is 0. The van der Waals surface area contributed by atoms with Crippen LogP contribution in [0.25, 0.3) is 5.70 Å². The SMILES string of the molecule is FC1=C(c2ccccc2)N=NC1. The lowest BCUT2D eigenvalue weighted by Crippen LogP contribution is -1.81. The van der Waals surface area contributed by atoms with Crippen LogP contribution in [0, 0.1) is 0 Å². The van der Waals surface area contributed by atoms with Crippen LogP contribution >= 0.6 is 0 Å². The lowest BCUT2D eigenvalue weighted by atomic mass is 10.1. The van der Waals surface area contributed by atoms with Crippen molar-refractivity contribution >= 4 is 5.70 Å². The first-order valence-corrected chi connectivity index (χ1v) is 3.69. The third-order valence-corrected chi connectivity index (χ3v) is 1.68. The Kier molecular flexibility index (Phi) is 1.70. The Morgan fingerprint density at radius 1 is 1.17 bits per heavy atom. The molecule has 0 atom stereocenters. The average molecular weight is 162 g/mol. The highest BCUT2D eigenvalue weighted by Gasteiger charge is 2.12. The van der Waals surface area contributed by atoms with E-state index in [1.54, 1.807) is 0 Å². The molecular formula is C9H7FN2. The van der Waals surface area contributed by atoms with E-state index in [1.807, 2.05) is 30.3 Å². The molecular weight excluding hydrogens is 155 g/mol. The van der Waals surface area contributed by atoms with Crippen molar-refractivity contribution in [1.82, 2.24) is 0 Å². The minimum absolute atomic E-state index is 0.0875. The molecule has 0 radical (unpaired) electrons. The van der Waals surface area contributed by atoms with Gasteiger partial charge in [0.1, 0.15) is 12.2 Å². The molecule has 1 aromatic rings. The molecule has 0 aliphatic carbocycles. The van der Waals surface area contributed by atoms with E-state index in [4.69, 9.17) is 0 Å². The van der Waals surface area contributed by atoms with E-state index in [0.717, 1.165) is 5.56 Å². The molecule has 0 aromatic heterocycles. The maximum atomic E-state index is 13.0. The van der Waals surface area contributed by atoms with Gasteiger partial charge in [0.25, 0.3) is 0 Å². The van der Waals surface area contributed by atoms with E-state index in [-0.39, 0.29) is 12.4 Å². The highest BCUT2D eigenvalue weighted by molar-refractivity contribution is 5.67. The predicted octanol–water partition coefficient (Wildman–Crippen LogP) is 2.79. The molecule has 1 aliphatic heterocycles. The molecule has 2 nitrogen and oxygen atoms in total. The van der Waals surface area contributed by atoms with Crippen LogP contribution < -0.4 is 0 Å². The predicted molar refractivity (Wildman–Crippen MR) is 44.2 cm³/mol. The molecule has 0 spiro atoms. The van der Waals surface area contributed by atoms with Crippen molar-refractivity contribution in [1.29, 1.82) is 0 Å². The van der Waals surface area contributed by atoms with Gasteiger partial charge >= 0.3 is 0 Å². The molecule has 3 heteroatoms. The van der Waals surface area contributed by atoms with Gasteiger partial charge in [-0.25, -0.2) is 4.39 Å². The molecule has 60 valence electrons. The minimum atomic E-state index is -0.249. The highest BCUT2D eigenvalue weighted by atomic mass is 19.1. The third-order valence-electron chi connectivity index (χ3n) is 1.68. The first-order valence-electron chi connectivity index (χ1n) is 3.69. The molecule has 0 saturated heterocycles. The van der Waals surface area contributed by atoms with E-state index in [2.05, 4.69) is 10.2 Å². The maximum absolute atomic E-state index is 13.0. The van der Waals surface area contributed by atoms with E-state index < -0.39 is 0 Å². The molecule has 1 aliphatic rings. The van der Waals surface area contributed by atoms with Crippen molar-refractivity contribution in [3.63, 3.8) is 0 Å². The van der Waals surface area contributed by atoms with Gasteiger partial charge in [0.15, 0.2) is 5.83 Å². The molecule has 0 unspecified atom stereocenters. The molecule has 1 heterocycles. The summed E-state index contributed by atoms with van der Waals surface area (Å²) < 4.78 is 13.0. The average Bonchev–Trinajstić information content (AvgIpc) is 2.53. The van der Waals surface area contributed by atoms with Crippen LogP contribution in [0.3, 0.4) is 0 Å². The van der Waals surface area contributed by atoms with Crippen molar-refractivity contribution in [2.45, 2.75) is 0 Å². The zero-order valence-electron chi connectivity index (χ0n) is 6.37. The van der Waals surface area contributed by atoms with Gasteiger partial charge in [-0.3, -0.25) is 0 Å². The lowest BCUT2D eigenvalue weighted by Gasteiger charge is -1.95. The van der Waals surface area contributed by atoms with Crippen LogP contribution in [0.5, 0.6) is 0 Å². The fraction of sp³-hybridized carbons (Fsp3) is 0.111. The number of azo groups is 1. The van der Waals surface area contributed by atoms with Gasteiger partial charge in [-0.2, -0.15) is 10.2 Å². The van der Waals surface area contributed by atoms with Crippen molar-refractivity contribution in [2.24, 2.45) is 10.2 Å². The van der Waals surface area contributed by atoms with E-state index in [0.29, 0.717) is 5.70 Å². The van der Waals surface area contributed by atoms with Crippen LogP contribution in [0.2, 0.25) is 0 Å². The van der Waals surface area contributed by atoms with Crippen molar-refractivity contribution in [3.8, 4) is 0 Å². The summed E-state index contributed by atoms with van der Waals surface area (Å²) in [7, 11) is 0. The molecule has 0 amide bonds. The normalized spacial score (nSPS) is 15.8.